The van der Waals surface area contributed by atoms with Crippen LogP contribution in [0.1, 0.15) is 18.1 Å². The van der Waals surface area contributed by atoms with Gasteiger partial charge in [-0.3, -0.25) is 0 Å². The Labute approximate surface area is 129 Å². The van der Waals surface area contributed by atoms with Crippen molar-refractivity contribution in [2.45, 2.75) is 24.1 Å². The van der Waals surface area contributed by atoms with Gasteiger partial charge in [0.2, 0.25) is 0 Å². The van der Waals surface area contributed by atoms with Crippen molar-refractivity contribution in [1.29, 1.82) is 0 Å². The van der Waals surface area contributed by atoms with Gasteiger partial charge < -0.3 is 4.57 Å². The lowest BCUT2D eigenvalue weighted by Gasteiger charge is -2.03. The number of nitrogens with zero attached hydrogens (tertiary/aromatic N) is 1. The number of hydrogen-bond acceptors (Lipinski definition) is 0. The molecule has 0 radical (unpaired) electrons. The monoisotopic (exact) mass is 379 g/mol. The van der Waals surface area contributed by atoms with Gasteiger partial charge in [-0.05, 0) is 42.3 Å². The SMILES string of the molecule is CCn1c2ccc(CBr)cc2c2cc(CBr)ccc21. The molecule has 1 aromatic heterocycles. The summed E-state index contributed by atoms with van der Waals surface area (Å²) < 4.78 is 2.39. The minimum absolute atomic E-state index is 0.903. The summed E-state index contributed by atoms with van der Waals surface area (Å²) in [6.45, 7) is 3.21. The number of alkyl halides is 2. The lowest BCUT2D eigenvalue weighted by atomic mass is 10.1. The van der Waals surface area contributed by atoms with Crippen LogP contribution in [-0.2, 0) is 17.2 Å². The average Bonchev–Trinajstić information content (AvgIpc) is 2.79. The molecule has 0 saturated heterocycles. The summed E-state index contributed by atoms with van der Waals surface area (Å²) in [5, 5.41) is 4.52. The Morgan fingerprint density at radius 1 is 0.842 bits per heavy atom. The molecule has 0 amide bonds. The van der Waals surface area contributed by atoms with Crippen molar-refractivity contribution in [2.75, 3.05) is 0 Å². The number of benzene rings is 2. The number of aryl methyl sites for hydroxylation is 1. The van der Waals surface area contributed by atoms with Gasteiger partial charge in [0.1, 0.15) is 0 Å². The van der Waals surface area contributed by atoms with Crippen LogP contribution in [0.15, 0.2) is 36.4 Å². The molecule has 0 spiro atoms. The van der Waals surface area contributed by atoms with Gasteiger partial charge in [-0.2, -0.15) is 0 Å². The molecule has 1 heterocycles. The molecule has 98 valence electrons. The predicted molar refractivity (Wildman–Crippen MR) is 90.4 cm³/mol. The van der Waals surface area contributed by atoms with Gasteiger partial charge in [-0.1, -0.05) is 44.0 Å². The summed E-state index contributed by atoms with van der Waals surface area (Å²) in [7, 11) is 0. The van der Waals surface area contributed by atoms with E-state index in [1.807, 2.05) is 0 Å². The largest absolute Gasteiger partial charge is 0.341 e. The zero-order chi connectivity index (χ0) is 13.4. The van der Waals surface area contributed by atoms with Crippen LogP contribution in [0.4, 0.5) is 0 Å². The van der Waals surface area contributed by atoms with Crippen LogP contribution < -0.4 is 0 Å². The Morgan fingerprint density at radius 2 is 1.32 bits per heavy atom. The zero-order valence-electron chi connectivity index (χ0n) is 10.8. The molecule has 0 fully saturated rings. The summed E-state index contributed by atoms with van der Waals surface area (Å²) in [4.78, 5) is 0. The molecule has 19 heavy (non-hydrogen) atoms. The summed E-state index contributed by atoms with van der Waals surface area (Å²) in [6, 6.07) is 13.5. The molecule has 0 aliphatic carbocycles. The van der Waals surface area contributed by atoms with Crippen molar-refractivity contribution in [3.05, 3.63) is 47.5 Å². The van der Waals surface area contributed by atoms with Crippen molar-refractivity contribution in [1.82, 2.24) is 4.57 Å². The summed E-state index contributed by atoms with van der Waals surface area (Å²) in [5.74, 6) is 0. The van der Waals surface area contributed by atoms with Crippen LogP contribution in [0.25, 0.3) is 21.8 Å². The first-order chi connectivity index (χ1) is 9.28. The minimum atomic E-state index is 0.903. The van der Waals surface area contributed by atoms with E-state index < -0.39 is 0 Å². The molecule has 0 aliphatic rings. The normalized spacial score (nSPS) is 11.5. The van der Waals surface area contributed by atoms with Gasteiger partial charge in [-0.15, -0.1) is 0 Å². The molecule has 0 saturated carbocycles. The van der Waals surface area contributed by atoms with Gasteiger partial charge >= 0.3 is 0 Å². The molecule has 0 bridgehead atoms. The van der Waals surface area contributed by atoms with E-state index in [4.69, 9.17) is 0 Å². The lowest BCUT2D eigenvalue weighted by Crippen LogP contribution is -1.92. The topological polar surface area (TPSA) is 4.93 Å². The van der Waals surface area contributed by atoms with E-state index in [1.165, 1.54) is 32.9 Å². The van der Waals surface area contributed by atoms with Crippen LogP contribution in [0, 0.1) is 0 Å². The second kappa shape index (κ2) is 5.29. The second-order valence-electron chi connectivity index (χ2n) is 4.71. The Hall–Kier alpha value is -0.800. The third kappa shape index (κ3) is 2.13. The maximum Gasteiger partial charge on any atom is 0.0491 e. The molecule has 3 heteroatoms. The maximum absolute atomic E-state index is 3.54. The Morgan fingerprint density at radius 3 is 1.68 bits per heavy atom. The van der Waals surface area contributed by atoms with Gasteiger partial charge in [0.25, 0.3) is 0 Å². The highest BCUT2D eigenvalue weighted by atomic mass is 79.9. The smallest absolute Gasteiger partial charge is 0.0491 e. The Kier molecular flexibility index (Phi) is 3.68. The van der Waals surface area contributed by atoms with Crippen LogP contribution in [0.3, 0.4) is 0 Å². The molecule has 0 aliphatic heterocycles. The van der Waals surface area contributed by atoms with Crippen molar-refractivity contribution >= 4 is 53.7 Å². The highest BCUT2D eigenvalue weighted by Crippen LogP contribution is 2.31. The van der Waals surface area contributed by atoms with Crippen LogP contribution >= 0.6 is 31.9 Å². The minimum Gasteiger partial charge on any atom is -0.341 e. The van der Waals surface area contributed by atoms with Crippen molar-refractivity contribution in [2.24, 2.45) is 0 Å². The number of aromatic nitrogens is 1. The van der Waals surface area contributed by atoms with E-state index in [0.29, 0.717) is 0 Å². The number of hydrogen-bond donors (Lipinski definition) is 0. The van der Waals surface area contributed by atoms with E-state index >= 15 is 0 Å². The van der Waals surface area contributed by atoms with Gasteiger partial charge in [0.05, 0.1) is 0 Å². The van der Waals surface area contributed by atoms with E-state index in [0.717, 1.165) is 17.2 Å². The fraction of sp³-hybridized carbons (Fsp3) is 0.250. The molecule has 3 aromatic rings. The third-order valence-corrected chi connectivity index (χ3v) is 4.91. The molecule has 0 unspecified atom stereocenters. The number of halogens is 2. The van der Waals surface area contributed by atoms with E-state index in [1.54, 1.807) is 0 Å². The van der Waals surface area contributed by atoms with E-state index in [9.17, 15) is 0 Å². The van der Waals surface area contributed by atoms with E-state index in [2.05, 4.69) is 79.7 Å². The molecule has 3 rings (SSSR count). The molecule has 1 nitrogen and oxygen atoms in total. The number of rotatable bonds is 3. The van der Waals surface area contributed by atoms with E-state index in [-0.39, 0.29) is 0 Å². The fourth-order valence-corrected chi connectivity index (χ4v) is 3.40. The average molecular weight is 381 g/mol. The zero-order valence-corrected chi connectivity index (χ0v) is 14.0. The van der Waals surface area contributed by atoms with Crippen LogP contribution in [-0.4, -0.2) is 4.57 Å². The van der Waals surface area contributed by atoms with Gasteiger partial charge in [-0.25, -0.2) is 0 Å². The predicted octanol–water partition coefficient (Wildman–Crippen LogP) is 5.60. The van der Waals surface area contributed by atoms with Crippen molar-refractivity contribution in [3.8, 4) is 0 Å². The fourth-order valence-electron chi connectivity index (χ4n) is 2.71. The number of fused-ring (bicyclic) bond motifs is 3. The highest BCUT2D eigenvalue weighted by molar-refractivity contribution is 9.08. The first-order valence-corrected chi connectivity index (χ1v) is 8.68. The highest BCUT2D eigenvalue weighted by Gasteiger charge is 2.10. The summed E-state index contributed by atoms with van der Waals surface area (Å²) >= 11 is 7.09. The quantitative estimate of drug-likeness (QED) is 0.521. The standard InChI is InChI=1S/C16H15Br2N/c1-2-19-15-5-3-11(9-17)7-13(15)14-8-12(10-18)4-6-16(14)19/h3-8H,2,9-10H2,1H3. The Balaban J connectivity index is 2.44. The van der Waals surface area contributed by atoms with Gasteiger partial charge in [0, 0.05) is 39.0 Å². The van der Waals surface area contributed by atoms with Gasteiger partial charge in [0.15, 0.2) is 0 Å². The first-order valence-electron chi connectivity index (χ1n) is 6.44. The third-order valence-electron chi connectivity index (χ3n) is 3.62. The van der Waals surface area contributed by atoms with Crippen LogP contribution in [0.2, 0.25) is 0 Å². The summed E-state index contributed by atoms with van der Waals surface area (Å²) in [6.07, 6.45) is 0. The molecular formula is C16H15Br2N. The first kappa shape index (κ1) is 13.2. The molecule has 0 atom stereocenters. The second-order valence-corrected chi connectivity index (χ2v) is 5.84. The lowest BCUT2D eigenvalue weighted by molar-refractivity contribution is 0.827. The molecule has 2 aromatic carbocycles. The maximum atomic E-state index is 3.54. The summed E-state index contributed by atoms with van der Waals surface area (Å²) in [5.41, 5.74) is 5.31. The van der Waals surface area contributed by atoms with Crippen LogP contribution in [0.5, 0.6) is 0 Å². The Bertz CT molecular complexity index is 682. The van der Waals surface area contributed by atoms with Crippen molar-refractivity contribution in [3.63, 3.8) is 0 Å². The molecular weight excluding hydrogens is 366 g/mol. The van der Waals surface area contributed by atoms with Crippen molar-refractivity contribution < 1.29 is 0 Å². The molecule has 0 N–H and O–H groups in total.